The number of carboxylic acids is 1. The Kier molecular flexibility index (Phi) is 5.14. The number of nitrogens with zero attached hydrogens (tertiary/aromatic N) is 3. The Morgan fingerprint density at radius 2 is 2.07 bits per heavy atom. The molecule has 3 aromatic rings. The van der Waals surface area contributed by atoms with Gasteiger partial charge in [-0.15, -0.1) is 10.2 Å². The Morgan fingerprint density at radius 1 is 1.20 bits per heavy atom. The summed E-state index contributed by atoms with van der Waals surface area (Å²) in [6.45, 7) is 2.07. The summed E-state index contributed by atoms with van der Waals surface area (Å²) >= 11 is 0. The zero-order valence-electron chi connectivity index (χ0n) is 16.2. The molecule has 4 rings (SSSR count). The Balaban J connectivity index is 1.55. The van der Waals surface area contributed by atoms with Gasteiger partial charge in [-0.1, -0.05) is 36.6 Å². The van der Waals surface area contributed by atoms with Crippen molar-refractivity contribution in [2.24, 2.45) is 0 Å². The van der Waals surface area contributed by atoms with Crippen LogP contribution in [0.2, 0.25) is 0 Å². The van der Waals surface area contributed by atoms with Gasteiger partial charge in [-0.2, -0.15) is 0 Å². The van der Waals surface area contributed by atoms with Crippen LogP contribution in [0.25, 0.3) is 5.65 Å². The van der Waals surface area contributed by atoms with E-state index in [-0.39, 0.29) is 17.1 Å². The highest BCUT2D eigenvalue weighted by molar-refractivity contribution is 6.06. The maximum atomic E-state index is 12.4. The largest absolute Gasteiger partial charge is 0.478 e. The van der Waals surface area contributed by atoms with Gasteiger partial charge in [0.15, 0.2) is 5.65 Å². The lowest BCUT2D eigenvalue weighted by molar-refractivity contribution is -0.112. The molecule has 0 unspecified atom stereocenters. The first-order valence-electron chi connectivity index (χ1n) is 9.45. The van der Waals surface area contributed by atoms with Crippen LogP contribution < -0.4 is 5.32 Å². The topological polar surface area (TPSA) is 96.6 Å². The average Bonchev–Trinajstić information content (AvgIpc) is 3.39. The highest BCUT2D eigenvalue weighted by Crippen LogP contribution is 2.21. The number of benzene rings is 1. The van der Waals surface area contributed by atoms with Gasteiger partial charge in [-0.05, 0) is 49.1 Å². The van der Waals surface area contributed by atoms with Gasteiger partial charge in [-0.3, -0.25) is 9.20 Å². The maximum Gasteiger partial charge on any atom is 0.339 e. The monoisotopic (exact) mass is 398 g/mol. The van der Waals surface area contributed by atoms with Crippen molar-refractivity contribution in [3.8, 4) is 11.8 Å². The standard InChI is InChI=1S/C23H18N4O3/c1-2-15-8-10-17(13-15)22(28)24-18-6-3-5-16(14-18)9-11-20-25-26-21-19(23(29)30)7-4-12-27(20)21/h3-7,10,12-14H,2,8H2,1H3,(H,24,28)(H,29,30). The molecule has 7 nitrogen and oxygen atoms in total. The van der Waals surface area contributed by atoms with Crippen LogP contribution in [0.15, 0.2) is 65.9 Å². The van der Waals surface area contributed by atoms with Crippen molar-refractivity contribution in [2.45, 2.75) is 19.8 Å². The zero-order chi connectivity index (χ0) is 21.1. The molecule has 1 aliphatic carbocycles. The van der Waals surface area contributed by atoms with Crippen molar-refractivity contribution in [3.05, 3.63) is 82.8 Å². The van der Waals surface area contributed by atoms with Crippen molar-refractivity contribution in [2.75, 3.05) is 5.32 Å². The quantitative estimate of drug-likeness (QED) is 0.657. The number of hydrogen-bond donors (Lipinski definition) is 2. The molecule has 0 saturated carbocycles. The third-order valence-electron chi connectivity index (χ3n) is 4.76. The minimum atomic E-state index is -1.07. The summed E-state index contributed by atoms with van der Waals surface area (Å²) in [6.07, 6.45) is 7.28. The van der Waals surface area contributed by atoms with Gasteiger partial charge in [0.2, 0.25) is 5.82 Å². The van der Waals surface area contributed by atoms with E-state index in [2.05, 4.69) is 34.3 Å². The van der Waals surface area contributed by atoms with Gasteiger partial charge < -0.3 is 10.4 Å². The van der Waals surface area contributed by atoms with Crippen molar-refractivity contribution < 1.29 is 14.7 Å². The molecule has 1 amide bonds. The number of nitrogens with one attached hydrogen (secondary N) is 1. The lowest BCUT2D eigenvalue weighted by atomic mass is 10.2. The summed E-state index contributed by atoms with van der Waals surface area (Å²) in [4.78, 5) is 23.7. The Morgan fingerprint density at radius 3 is 2.83 bits per heavy atom. The van der Waals surface area contributed by atoms with Crippen LogP contribution in [0.5, 0.6) is 0 Å². The molecular formula is C23H18N4O3. The number of hydrogen-bond acceptors (Lipinski definition) is 4. The number of anilines is 1. The van der Waals surface area contributed by atoms with E-state index in [9.17, 15) is 14.7 Å². The van der Waals surface area contributed by atoms with Crippen LogP contribution in [-0.4, -0.2) is 31.6 Å². The first-order valence-corrected chi connectivity index (χ1v) is 9.45. The summed E-state index contributed by atoms with van der Waals surface area (Å²) in [6, 6.07) is 10.3. The van der Waals surface area contributed by atoms with Crippen LogP contribution >= 0.6 is 0 Å². The highest BCUT2D eigenvalue weighted by Gasteiger charge is 2.14. The SMILES string of the molecule is CCC1=CC(C(=O)Nc2cccc(C#Cc3nnc4c(C(=O)O)cccn34)c2)=CC1. The Bertz CT molecular complexity index is 1290. The van der Waals surface area contributed by atoms with E-state index in [1.165, 1.54) is 16.0 Å². The number of rotatable bonds is 4. The second-order valence-corrected chi connectivity index (χ2v) is 6.75. The maximum absolute atomic E-state index is 12.4. The molecule has 148 valence electrons. The molecule has 0 atom stereocenters. The molecule has 0 radical (unpaired) electrons. The molecule has 0 bridgehead atoms. The minimum absolute atomic E-state index is 0.0595. The van der Waals surface area contributed by atoms with Crippen molar-refractivity contribution >= 4 is 23.2 Å². The van der Waals surface area contributed by atoms with Gasteiger partial charge in [0.1, 0.15) is 5.56 Å². The van der Waals surface area contributed by atoms with Crippen molar-refractivity contribution in [1.82, 2.24) is 14.6 Å². The van der Waals surface area contributed by atoms with E-state index in [1.54, 1.807) is 30.5 Å². The number of pyridine rings is 1. The molecule has 7 heteroatoms. The lowest BCUT2D eigenvalue weighted by Crippen LogP contribution is -2.12. The number of carbonyl (C=O) groups is 2. The second-order valence-electron chi connectivity index (χ2n) is 6.75. The van der Waals surface area contributed by atoms with Crippen LogP contribution in [0.4, 0.5) is 5.69 Å². The molecule has 0 aliphatic heterocycles. The van der Waals surface area contributed by atoms with Crippen LogP contribution in [-0.2, 0) is 4.79 Å². The molecule has 1 aliphatic rings. The number of allylic oxidation sites excluding steroid dienone is 2. The molecule has 0 saturated heterocycles. The molecule has 30 heavy (non-hydrogen) atoms. The molecule has 0 spiro atoms. The molecule has 2 aromatic heterocycles. The first kappa shape index (κ1) is 19.2. The fourth-order valence-corrected chi connectivity index (χ4v) is 3.16. The van der Waals surface area contributed by atoms with Crippen LogP contribution in [0.1, 0.15) is 41.5 Å². The lowest BCUT2D eigenvalue weighted by Gasteiger charge is -2.05. The zero-order valence-corrected chi connectivity index (χ0v) is 16.2. The van der Waals surface area contributed by atoms with Crippen LogP contribution in [0.3, 0.4) is 0 Å². The van der Waals surface area contributed by atoms with E-state index >= 15 is 0 Å². The molecule has 2 heterocycles. The van der Waals surface area contributed by atoms with E-state index in [0.717, 1.165) is 12.8 Å². The van der Waals surface area contributed by atoms with Gasteiger partial charge in [0.05, 0.1) is 0 Å². The number of aromatic nitrogens is 3. The van der Waals surface area contributed by atoms with Crippen molar-refractivity contribution in [1.29, 1.82) is 0 Å². The number of carboxylic acid groups (broad SMARTS) is 1. The number of amides is 1. The smallest absolute Gasteiger partial charge is 0.339 e. The average molecular weight is 398 g/mol. The van der Waals surface area contributed by atoms with E-state index in [4.69, 9.17) is 0 Å². The number of carbonyl (C=O) groups excluding carboxylic acids is 1. The van der Waals surface area contributed by atoms with Crippen molar-refractivity contribution in [3.63, 3.8) is 0 Å². The third-order valence-corrected chi connectivity index (χ3v) is 4.76. The summed E-state index contributed by atoms with van der Waals surface area (Å²) in [5.41, 5.74) is 3.54. The summed E-state index contributed by atoms with van der Waals surface area (Å²) in [5, 5.41) is 20.1. The minimum Gasteiger partial charge on any atom is -0.478 e. The van der Waals surface area contributed by atoms with Gasteiger partial charge in [0.25, 0.3) is 5.91 Å². The Labute approximate surface area is 172 Å². The molecule has 0 fully saturated rings. The van der Waals surface area contributed by atoms with Crippen LogP contribution in [0, 0.1) is 11.8 Å². The second kappa shape index (κ2) is 8.05. The van der Waals surface area contributed by atoms with E-state index < -0.39 is 5.97 Å². The third kappa shape index (κ3) is 3.84. The highest BCUT2D eigenvalue weighted by atomic mass is 16.4. The fourth-order valence-electron chi connectivity index (χ4n) is 3.16. The van der Waals surface area contributed by atoms with E-state index in [1.807, 2.05) is 18.2 Å². The first-order chi connectivity index (χ1) is 14.5. The van der Waals surface area contributed by atoms with Gasteiger partial charge in [-0.25, -0.2) is 4.79 Å². The summed E-state index contributed by atoms with van der Waals surface area (Å²) in [7, 11) is 0. The predicted octanol–water partition coefficient (Wildman–Crippen LogP) is 3.43. The summed E-state index contributed by atoms with van der Waals surface area (Å²) < 4.78 is 1.53. The normalized spacial score (nSPS) is 12.7. The number of fused-ring (bicyclic) bond motifs is 1. The van der Waals surface area contributed by atoms with Gasteiger partial charge >= 0.3 is 5.97 Å². The molecular weight excluding hydrogens is 380 g/mol. The molecule has 1 aromatic carbocycles. The van der Waals surface area contributed by atoms with Gasteiger partial charge in [0, 0.05) is 23.0 Å². The van der Waals surface area contributed by atoms with E-state index in [0.29, 0.717) is 22.6 Å². The predicted molar refractivity (Wildman–Crippen MR) is 112 cm³/mol. The Hall–Kier alpha value is -4.18. The molecule has 2 N–H and O–H groups in total. The fraction of sp³-hybridized carbons (Fsp3) is 0.130. The summed E-state index contributed by atoms with van der Waals surface area (Å²) in [5.74, 6) is 5.01. The number of aromatic carboxylic acids is 1.